The van der Waals surface area contributed by atoms with Crippen LogP contribution in [0.3, 0.4) is 0 Å². The summed E-state index contributed by atoms with van der Waals surface area (Å²) >= 11 is 0. The number of sulfonamides is 1. The van der Waals surface area contributed by atoms with Crippen molar-refractivity contribution < 1.29 is 41.8 Å². The van der Waals surface area contributed by atoms with Crippen LogP contribution in [0.4, 0.5) is 4.79 Å². The standard InChI is InChI=1S/C41H54N6O9S/c1-5-25-22-41(25,37(50)46-57(52,53)39(2)18-19-39)45-34(48)30-20-27-23-47(30)36(49)32(24-12-9-10-13-24)44-38(51)56-40(3)21-26(40)14-7-6-8-15-29-35(55-27)43-33-28(42-29)16-11-17-31(33)54-4/h5,11,16-17,24-27,30,32H,1,6-10,12-15,18-23H2,2-4H3,(H,44,51)(H,45,48)(H,46,50). The molecule has 57 heavy (non-hydrogen) atoms. The van der Waals surface area contributed by atoms with Crippen molar-refractivity contribution in [3.63, 3.8) is 0 Å². The second kappa shape index (κ2) is 14.7. The molecule has 1 aromatic heterocycles. The van der Waals surface area contributed by atoms with Crippen molar-refractivity contribution in [1.82, 2.24) is 30.2 Å². The highest BCUT2D eigenvalue weighted by Crippen LogP contribution is 2.50. The first kappa shape index (κ1) is 39.4. The third kappa shape index (κ3) is 7.53. The lowest BCUT2D eigenvalue weighted by molar-refractivity contribution is -0.142. The maximum Gasteiger partial charge on any atom is 0.408 e. The number of methoxy groups -OCH3 is 1. The van der Waals surface area contributed by atoms with Gasteiger partial charge < -0.3 is 29.7 Å². The molecule has 2 aliphatic heterocycles. The molecule has 4 aliphatic carbocycles. The molecule has 4 saturated carbocycles. The summed E-state index contributed by atoms with van der Waals surface area (Å²) in [5.74, 6) is -1.58. The van der Waals surface area contributed by atoms with E-state index in [1.165, 1.54) is 11.0 Å². The number of para-hydroxylation sites is 1. The SMILES string of the molecule is C=CC1CC1(NC(=O)C1CC2CN1C(=O)C(C1CCCC1)NC(=O)OC1(C)CC1CCCCCc1nc3cccc(OC)c3nc1O2)C(=O)NS(=O)(=O)C1(C)CC1. The average molecular weight is 807 g/mol. The van der Waals surface area contributed by atoms with Crippen molar-refractivity contribution in [2.75, 3.05) is 13.7 Å². The van der Waals surface area contributed by atoms with Gasteiger partial charge in [-0.05, 0) is 89.7 Å². The fourth-order valence-electron chi connectivity index (χ4n) is 9.19. The molecule has 1 aromatic carbocycles. The van der Waals surface area contributed by atoms with E-state index in [0.717, 1.165) is 57.8 Å². The van der Waals surface area contributed by atoms with Crippen LogP contribution in [0.15, 0.2) is 30.9 Å². The molecule has 5 fully saturated rings. The molecule has 4 amide bonds. The summed E-state index contributed by atoms with van der Waals surface area (Å²) < 4.78 is 45.6. The van der Waals surface area contributed by atoms with Crippen molar-refractivity contribution in [3.8, 4) is 11.6 Å². The molecular formula is C41H54N6O9S. The number of ether oxygens (including phenoxy) is 3. The smallest absolute Gasteiger partial charge is 0.408 e. The monoisotopic (exact) mass is 806 g/mol. The Kier molecular flexibility index (Phi) is 10.2. The number of hydrogen-bond donors (Lipinski definition) is 3. The van der Waals surface area contributed by atoms with Crippen molar-refractivity contribution in [2.24, 2.45) is 17.8 Å². The highest BCUT2D eigenvalue weighted by Gasteiger charge is 2.63. The van der Waals surface area contributed by atoms with E-state index < -0.39 is 73.8 Å². The van der Waals surface area contributed by atoms with E-state index in [1.807, 2.05) is 19.1 Å². The van der Waals surface area contributed by atoms with Gasteiger partial charge in [0.25, 0.3) is 5.91 Å². The van der Waals surface area contributed by atoms with Crippen LogP contribution in [-0.4, -0.2) is 94.8 Å². The minimum Gasteiger partial charge on any atom is -0.494 e. The molecule has 308 valence electrons. The van der Waals surface area contributed by atoms with Gasteiger partial charge in [-0.2, -0.15) is 0 Å². The van der Waals surface area contributed by atoms with Crippen molar-refractivity contribution in [2.45, 2.75) is 138 Å². The molecule has 7 unspecified atom stereocenters. The van der Waals surface area contributed by atoms with Gasteiger partial charge in [0.2, 0.25) is 27.7 Å². The first-order chi connectivity index (χ1) is 27.2. The highest BCUT2D eigenvalue weighted by molar-refractivity contribution is 7.91. The van der Waals surface area contributed by atoms with Gasteiger partial charge >= 0.3 is 6.09 Å². The molecule has 0 spiro atoms. The summed E-state index contributed by atoms with van der Waals surface area (Å²) in [5.41, 5.74) is -0.345. The summed E-state index contributed by atoms with van der Waals surface area (Å²) in [4.78, 5) is 68.0. The van der Waals surface area contributed by atoms with Crippen LogP contribution in [-0.2, 0) is 35.6 Å². The van der Waals surface area contributed by atoms with E-state index in [2.05, 4.69) is 21.9 Å². The number of rotatable bonds is 8. The van der Waals surface area contributed by atoms with Gasteiger partial charge in [0, 0.05) is 18.3 Å². The molecule has 0 radical (unpaired) electrons. The van der Waals surface area contributed by atoms with E-state index >= 15 is 0 Å². The second-order valence-corrected chi connectivity index (χ2v) is 19.7. The van der Waals surface area contributed by atoms with Gasteiger partial charge in [-0.25, -0.2) is 23.2 Å². The lowest BCUT2D eigenvalue weighted by Gasteiger charge is -2.32. The van der Waals surface area contributed by atoms with Crippen LogP contribution in [0, 0.1) is 17.8 Å². The number of carbonyl (C=O) groups is 4. The largest absolute Gasteiger partial charge is 0.494 e. The summed E-state index contributed by atoms with van der Waals surface area (Å²) in [7, 11) is -2.44. The van der Waals surface area contributed by atoms with Crippen molar-refractivity contribution >= 4 is 44.9 Å². The molecule has 3 N–H and O–H groups in total. The minimum atomic E-state index is -4.00. The van der Waals surface area contributed by atoms with E-state index in [0.29, 0.717) is 47.6 Å². The van der Waals surface area contributed by atoms with Crippen LogP contribution in [0.2, 0.25) is 0 Å². The number of aromatic nitrogens is 2. The summed E-state index contributed by atoms with van der Waals surface area (Å²) in [5, 5.41) is 5.78. The minimum absolute atomic E-state index is 0.0153. The normalized spacial score (nSPS) is 32.6. The average Bonchev–Trinajstić information content (AvgIpc) is 4.09. The molecule has 8 rings (SSSR count). The molecular weight excluding hydrogens is 753 g/mol. The second-order valence-electron chi connectivity index (χ2n) is 17.5. The van der Waals surface area contributed by atoms with E-state index in [1.54, 1.807) is 20.1 Å². The molecule has 1 saturated heterocycles. The number of carbonyl (C=O) groups excluding carboxylic acids is 4. The first-order valence-electron chi connectivity index (χ1n) is 20.5. The number of nitrogens with zero attached hydrogens (tertiary/aromatic N) is 3. The summed E-state index contributed by atoms with van der Waals surface area (Å²) in [6, 6.07) is 3.43. The van der Waals surface area contributed by atoms with Crippen LogP contribution in [0.5, 0.6) is 11.6 Å². The highest BCUT2D eigenvalue weighted by atomic mass is 32.2. The molecule has 3 heterocycles. The number of nitrogens with one attached hydrogen (secondary N) is 3. The summed E-state index contributed by atoms with van der Waals surface area (Å²) in [6.07, 6.45) is 9.36. The Morgan fingerprint density at radius 2 is 1.81 bits per heavy atom. The Hall–Kier alpha value is -4.47. The Labute approximate surface area is 333 Å². The Balaban J connectivity index is 1.13. The number of benzene rings is 1. The molecule has 6 aliphatic rings. The van der Waals surface area contributed by atoms with E-state index in [-0.39, 0.29) is 31.2 Å². The zero-order valence-corrected chi connectivity index (χ0v) is 33.8. The number of fused-ring (bicyclic) bond motifs is 5. The van der Waals surface area contributed by atoms with E-state index in [4.69, 9.17) is 24.2 Å². The Bertz CT molecular complexity index is 2090. The fraction of sp³-hybridized carbons (Fsp3) is 0.659. The maximum absolute atomic E-state index is 14.9. The van der Waals surface area contributed by atoms with Gasteiger partial charge in [-0.3, -0.25) is 19.1 Å². The Morgan fingerprint density at radius 3 is 2.51 bits per heavy atom. The quantitative estimate of drug-likeness (QED) is 0.323. The molecule has 2 bridgehead atoms. The zero-order valence-electron chi connectivity index (χ0n) is 33.0. The molecule has 7 atom stereocenters. The predicted octanol–water partition coefficient (Wildman–Crippen LogP) is 4.23. The zero-order chi connectivity index (χ0) is 40.3. The number of aryl methyl sites for hydroxylation is 1. The van der Waals surface area contributed by atoms with E-state index in [9.17, 15) is 27.6 Å². The van der Waals surface area contributed by atoms with Crippen LogP contribution in [0.1, 0.15) is 103 Å². The number of hydrogen-bond acceptors (Lipinski definition) is 11. The van der Waals surface area contributed by atoms with Gasteiger partial charge in [-0.1, -0.05) is 37.8 Å². The lowest BCUT2D eigenvalue weighted by Crippen LogP contribution is -2.59. The first-order valence-corrected chi connectivity index (χ1v) is 22.0. The van der Waals surface area contributed by atoms with Crippen LogP contribution in [0.25, 0.3) is 11.0 Å². The molecule has 2 aromatic rings. The predicted molar refractivity (Wildman–Crippen MR) is 209 cm³/mol. The van der Waals surface area contributed by atoms with Crippen LogP contribution >= 0.6 is 0 Å². The van der Waals surface area contributed by atoms with Gasteiger partial charge in [0.15, 0.2) is 0 Å². The maximum atomic E-state index is 14.9. The number of amides is 4. The third-order valence-corrected chi connectivity index (χ3v) is 15.6. The third-order valence-electron chi connectivity index (χ3n) is 13.5. The van der Waals surface area contributed by atoms with Gasteiger partial charge in [0.1, 0.15) is 46.3 Å². The molecule has 16 heteroatoms. The summed E-state index contributed by atoms with van der Waals surface area (Å²) in [6.45, 7) is 7.32. The molecule has 15 nitrogen and oxygen atoms in total. The fourth-order valence-corrected chi connectivity index (χ4v) is 10.5. The lowest BCUT2D eigenvalue weighted by atomic mass is 9.96. The van der Waals surface area contributed by atoms with Crippen molar-refractivity contribution in [1.29, 1.82) is 0 Å². The topological polar surface area (TPSA) is 195 Å². The Morgan fingerprint density at radius 1 is 1.05 bits per heavy atom. The van der Waals surface area contributed by atoms with Crippen LogP contribution < -0.4 is 24.8 Å². The van der Waals surface area contributed by atoms with Gasteiger partial charge in [-0.15, -0.1) is 6.58 Å². The van der Waals surface area contributed by atoms with Gasteiger partial charge in [0.05, 0.1) is 23.9 Å². The number of alkyl carbamates (subject to hydrolysis) is 1. The van der Waals surface area contributed by atoms with Crippen molar-refractivity contribution in [3.05, 3.63) is 36.5 Å².